The van der Waals surface area contributed by atoms with Gasteiger partial charge in [0.25, 0.3) is 5.56 Å². The van der Waals surface area contributed by atoms with Gasteiger partial charge in [0, 0.05) is 25.1 Å². The lowest BCUT2D eigenvalue weighted by molar-refractivity contribution is 0.626. The summed E-state index contributed by atoms with van der Waals surface area (Å²) in [5.74, 6) is 2.04. The van der Waals surface area contributed by atoms with E-state index in [9.17, 15) is 4.79 Å². The number of hydrogen-bond acceptors (Lipinski definition) is 4. The van der Waals surface area contributed by atoms with Gasteiger partial charge in [0.05, 0.1) is 0 Å². The highest BCUT2D eigenvalue weighted by Gasteiger charge is 2.27. The summed E-state index contributed by atoms with van der Waals surface area (Å²) in [5.41, 5.74) is 5.48. The molecule has 1 aliphatic carbocycles. The second kappa shape index (κ2) is 4.87. The van der Waals surface area contributed by atoms with Crippen LogP contribution < -0.4 is 16.2 Å². The monoisotopic (exact) mass is 236 g/mol. The molecule has 0 spiro atoms. The topological polar surface area (TPSA) is 75.0 Å². The molecule has 0 aliphatic heterocycles. The van der Waals surface area contributed by atoms with Crippen LogP contribution in [0.25, 0.3) is 0 Å². The van der Waals surface area contributed by atoms with Crippen LogP contribution >= 0.6 is 0 Å². The quantitative estimate of drug-likeness (QED) is 0.793. The highest BCUT2D eigenvalue weighted by atomic mass is 16.1. The van der Waals surface area contributed by atoms with E-state index in [1.807, 2.05) is 11.9 Å². The minimum absolute atomic E-state index is 0.0660. The third-order valence-electron chi connectivity index (χ3n) is 3.32. The van der Waals surface area contributed by atoms with Crippen LogP contribution in [0, 0.1) is 0 Å². The summed E-state index contributed by atoms with van der Waals surface area (Å²) < 4.78 is 0. The Hall–Kier alpha value is -1.36. The zero-order chi connectivity index (χ0) is 12.4. The molecule has 5 heteroatoms. The number of nitrogens with zero attached hydrogens (tertiary/aromatic N) is 2. The molecule has 1 saturated carbocycles. The lowest BCUT2D eigenvalue weighted by Gasteiger charge is -2.25. The summed E-state index contributed by atoms with van der Waals surface area (Å²) in [6.45, 7) is 2.73. The molecule has 3 N–H and O–H groups in total. The fourth-order valence-corrected chi connectivity index (χ4v) is 1.85. The van der Waals surface area contributed by atoms with Crippen molar-refractivity contribution in [3.05, 3.63) is 22.2 Å². The van der Waals surface area contributed by atoms with Gasteiger partial charge in [0.1, 0.15) is 11.6 Å². The molecule has 94 valence electrons. The van der Waals surface area contributed by atoms with Crippen LogP contribution in [0.1, 0.15) is 37.9 Å². The standard InChI is InChI=1S/C12H20N4O/c1-8(5-6-13)16(2)10-7-11(17)15-12(14-10)9-3-4-9/h7-9H,3-6,13H2,1-2H3,(H,14,15,17). The van der Waals surface area contributed by atoms with Crippen molar-refractivity contribution in [1.82, 2.24) is 9.97 Å². The number of anilines is 1. The van der Waals surface area contributed by atoms with E-state index in [4.69, 9.17) is 5.73 Å². The summed E-state index contributed by atoms with van der Waals surface area (Å²) in [6.07, 6.45) is 3.16. The predicted molar refractivity (Wildman–Crippen MR) is 68.4 cm³/mol. The molecule has 1 aromatic heterocycles. The first-order valence-electron chi connectivity index (χ1n) is 6.16. The molecule has 1 fully saturated rings. The Morgan fingerprint density at radius 1 is 1.65 bits per heavy atom. The fraction of sp³-hybridized carbons (Fsp3) is 0.667. The molecule has 0 amide bonds. The Labute approximate surface area is 101 Å². The van der Waals surface area contributed by atoms with Crippen molar-refractivity contribution in [3.63, 3.8) is 0 Å². The van der Waals surface area contributed by atoms with Gasteiger partial charge in [-0.2, -0.15) is 0 Å². The van der Waals surface area contributed by atoms with Gasteiger partial charge < -0.3 is 15.6 Å². The minimum Gasteiger partial charge on any atom is -0.357 e. The molecular formula is C12H20N4O. The first kappa shape index (κ1) is 12.1. The van der Waals surface area contributed by atoms with Crippen molar-refractivity contribution in [2.75, 3.05) is 18.5 Å². The number of nitrogens with two attached hydrogens (primary N) is 1. The Kier molecular flexibility index (Phi) is 3.47. The van der Waals surface area contributed by atoms with Crippen molar-refractivity contribution < 1.29 is 0 Å². The van der Waals surface area contributed by atoms with Gasteiger partial charge in [0.15, 0.2) is 0 Å². The molecule has 1 atom stereocenters. The summed E-state index contributed by atoms with van der Waals surface area (Å²) in [5, 5.41) is 0. The van der Waals surface area contributed by atoms with Crippen LogP contribution in [0.5, 0.6) is 0 Å². The molecule has 0 saturated heterocycles. The van der Waals surface area contributed by atoms with Gasteiger partial charge in [-0.3, -0.25) is 4.79 Å². The summed E-state index contributed by atoms with van der Waals surface area (Å²) in [6, 6.07) is 1.85. The van der Waals surface area contributed by atoms with E-state index in [1.54, 1.807) is 6.07 Å². The molecule has 0 radical (unpaired) electrons. The lowest BCUT2D eigenvalue weighted by Crippen LogP contribution is -2.32. The van der Waals surface area contributed by atoms with Gasteiger partial charge in [-0.25, -0.2) is 4.98 Å². The molecule has 5 nitrogen and oxygen atoms in total. The molecule has 1 heterocycles. The minimum atomic E-state index is -0.0660. The Balaban J connectivity index is 2.21. The van der Waals surface area contributed by atoms with E-state index in [2.05, 4.69) is 16.9 Å². The summed E-state index contributed by atoms with van der Waals surface area (Å²) in [7, 11) is 1.96. The first-order valence-corrected chi connectivity index (χ1v) is 6.16. The summed E-state index contributed by atoms with van der Waals surface area (Å²) in [4.78, 5) is 20.9. The Bertz CT molecular complexity index is 438. The van der Waals surface area contributed by atoms with E-state index >= 15 is 0 Å². The maximum Gasteiger partial charge on any atom is 0.252 e. The molecule has 1 aliphatic rings. The van der Waals surface area contributed by atoms with E-state index in [-0.39, 0.29) is 5.56 Å². The molecule has 17 heavy (non-hydrogen) atoms. The smallest absolute Gasteiger partial charge is 0.252 e. The second-order valence-corrected chi connectivity index (χ2v) is 4.80. The van der Waals surface area contributed by atoms with Crippen molar-refractivity contribution in [1.29, 1.82) is 0 Å². The van der Waals surface area contributed by atoms with Gasteiger partial charge in [-0.1, -0.05) is 0 Å². The SMILES string of the molecule is CC(CCN)N(C)c1cc(=O)[nH]c(C2CC2)n1. The van der Waals surface area contributed by atoms with Crippen LogP contribution in [0.15, 0.2) is 10.9 Å². The second-order valence-electron chi connectivity index (χ2n) is 4.80. The molecule has 1 unspecified atom stereocenters. The third kappa shape index (κ3) is 2.85. The Morgan fingerprint density at radius 2 is 2.35 bits per heavy atom. The molecule has 0 aromatic carbocycles. The van der Waals surface area contributed by atoms with Crippen molar-refractivity contribution >= 4 is 5.82 Å². The van der Waals surface area contributed by atoms with Gasteiger partial charge in [-0.15, -0.1) is 0 Å². The molecule has 2 rings (SSSR count). The fourth-order valence-electron chi connectivity index (χ4n) is 1.85. The first-order chi connectivity index (χ1) is 8.11. The van der Waals surface area contributed by atoms with Crippen molar-refractivity contribution in [2.24, 2.45) is 5.73 Å². The van der Waals surface area contributed by atoms with Crippen LogP contribution in [0.2, 0.25) is 0 Å². The van der Waals surface area contributed by atoms with Crippen molar-refractivity contribution in [3.8, 4) is 0 Å². The lowest BCUT2D eigenvalue weighted by atomic mass is 10.2. The average Bonchev–Trinajstić information content (AvgIpc) is 3.11. The van der Waals surface area contributed by atoms with E-state index in [0.717, 1.165) is 30.9 Å². The van der Waals surface area contributed by atoms with Gasteiger partial charge in [0.2, 0.25) is 0 Å². The number of aromatic amines is 1. The molecule has 1 aromatic rings. The highest BCUT2D eigenvalue weighted by Crippen LogP contribution is 2.37. The average molecular weight is 236 g/mol. The highest BCUT2D eigenvalue weighted by molar-refractivity contribution is 5.38. The zero-order valence-corrected chi connectivity index (χ0v) is 10.4. The number of aromatic nitrogens is 2. The van der Waals surface area contributed by atoms with Crippen LogP contribution in [0.4, 0.5) is 5.82 Å². The van der Waals surface area contributed by atoms with Crippen LogP contribution in [-0.4, -0.2) is 29.6 Å². The predicted octanol–water partition coefficient (Wildman–Crippen LogP) is 0.821. The van der Waals surface area contributed by atoms with Gasteiger partial charge >= 0.3 is 0 Å². The third-order valence-corrected chi connectivity index (χ3v) is 3.32. The van der Waals surface area contributed by atoms with E-state index < -0.39 is 0 Å². The van der Waals surface area contributed by atoms with E-state index in [0.29, 0.717) is 18.5 Å². The van der Waals surface area contributed by atoms with Crippen LogP contribution in [0.3, 0.4) is 0 Å². The number of rotatable bonds is 5. The largest absolute Gasteiger partial charge is 0.357 e. The van der Waals surface area contributed by atoms with Crippen molar-refractivity contribution in [2.45, 2.75) is 38.1 Å². The van der Waals surface area contributed by atoms with Gasteiger partial charge in [-0.05, 0) is 32.7 Å². The maximum atomic E-state index is 11.6. The maximum absolute atomic E-state index is 11.6. The Morgan fingerprint density at radius 3 is 2.94 bits per heavy atom. The van der Waals surface area contributed by atoms with Crippen LogP contribution in [-0.2, 0) is 0 Å². The molecule has 0 bridgehead atoms. The number of H-pyrrole nitrogens is 1. The molecular weight excluding hydrogens is 216 g/mol. The zero-order valence-electron chi connectivity index (χ0n) is 10.4. The normalized spacial score (nSPS) is 16.9. The van der Waals surface area contributed by atoms with E-state index in [1.165, 1.54) is 0 Å². The number of nitrogens with one attached hydrogen (secondary N) is 1. The summed E-state index contributed by atoms with van der Waals surface area (Å²) >= 11 is 0. The number of hydrogen-bond donors (Lipinski definition) is 2.